The second-order valence-corrected chi connectivity index (χ2v) is 6.68. The smallest absolute Gasteiger partial charge is 0.270 e. The van der Waals surface area contributed by atoms with Crippen LogP contribution in [0.4, 0.5) is 0 Å². The molecule has 1 saturated heterocycles. The van der Waals surface area contributed by atoms with Gasteiger partial charge in [-0.15, -0.1) is 0 Å². The molecule has 2 amide bonds. The molecule has 1 N–H and O–H groups in total. The number of aromatic amines is 1. The number of benzene rings is 1. The average Bonchev–Trinajstić information content (AvgIpc) is 3.04. The first-order valence-corrected chi connectivity index (χ1v) is 8.88. The summed E-state index contributed by atoms with van der Waals surface area (Å²) in [5.41, 5.74) is 3.17. The standard InChI is InChI=1S/C20H25N3O3/c1-14-12-15(2)18(17(13-14)26-3)20(25)23-9-5-8-22(10-11-23)19(24)16-6-4-7-21-16/h4,6-7,12-13,21H,5,8-11H2,1-3H3. The van der Waals surface area contributed by atoms with Gasteiger partial charge < -0.3 is 19.5 Å². The van der Waals surface area contributed by atoms with Crippen molar-refractivity contribution in [1.82, 2.24) is 14.8 Å². The van der Waals surface area contributed by atoms with Gasteiger partial charge in [0.05, 0.1) is 12.7 Å². The predicted molar refractivity (Wildman–Crippen MR) is 99.7 cm³/mol. The fourth-order valence-corrected chi connectivity index (χ4v) is 3.48. The van der Waals surface area contributed by atoms with E-state index >= 15 is 0 Å². The summed E-state index contributed by atoms with van der Waals surface area (Å²) in [6.07, 6.45) is 2.50. The molecule has 1 aliphatic heterocycles. The van der Waals surface area contributed by atoms with E-state index in [-0.39, 0.29) is 11.8 Å². The summed E-state index contributed by atoms with van der Waals surface area (Å²) in [4.78, 5) is 32.2. The van der Waals surface area contributed by atoms with Crippen LogP contribution in [0.15, 0.2) is 30.5 Å². The Labute approximate surface area is 153 Å². The van der Waals surface area contributed by atoms with E-state index in [4.69, 9.17) is 4.74 Å². The summed E-state index contributed by atoms with van der Waals surface area (Å²) in [6.45, 7) is 6.23. The van der Waals surface area contributed by atoms with E-state index in [9.17, 15) is 9.59 Å². The zero-order chi connectivity index (χ0) is 18.7. The molecule has 6 nitrogen and oxygen atoms in total. The fraction of sp³-hybridized carbons (Fsp3) is 0.400. The van der Waals surface area contributed by atoms with Gasteiger partial charge in [0.15, 0.2) is 0 Å². The van der Waals surface area contributed by atoms with Gasteiger partial charge >= 0.3 is 0 Å². The van der Waals surface area contributed by atoms with E-state index < -0.39 is 0 Å². The summed E-state index contributed by atoms with van der Waals surface area (Å²) in [6, 6.07) is 7.47. The summed E-state index contributed by atoms with van der Waals surface area (Å²) in [7, 11) is 1.59. The lowest BCUT2D eigenvalue weighted by molar-refractivity contribution is 0.0714. The Kier molecular flexibility index (Phi) is 5.30. The van der Waals surface area contributed by atoms with Crippen LogP contribution in [0.2, 0.25) is 0 Å². The zero-order valence-electron chi connectivity index (χ0n) is 15.5. The predicted octanol–water partition coefficient (Wildman–Crippen LogP) is 2.63. The molecule has 0 radical (unpaired) electrons. The van der Waals surface area contributed by atoms with Gasteiger partial charge in [-0.05, 0) is 49.6 Å². The van der Waals surface area contributed by atoms with Gasteiger partial charge in [-0.2, -0.15) is 0 Å². The van der Waals surface area contributed by atoms with E-state index in [1.165, 1.54) is 0 Å². The number of aromatic nitrogens is 1. The third-order valence-corrected chi connectivity index (χ3v) is 4.78. The van der Waals surface area contributed by atoms with Crippen molar-refractivity contribution in [2.24, 2.45) is 0 Å². The molecule has 0 unspecified atom stereocenters. The lowest BCUT2D eigenvalue weighted by Gasteiger charge is -2.23. The zero-order valence-corrected chi connectivity index (χ0v) is 15.5. The minimum absolute atomic E-state index is 0.0200. The van der Waals surface area contributed by atoms with Gasteiger partial charge in [0.25, 0.3) is 11.8 Å². The molecule has 0 aliphatic carbocycles. The minimum Gasteiger partial charge on any atom is -0.496 e. The Balaban J connectivity index is 1.75. The monoisotopic (exact) mass is 355 g/mol. The fourth-order valence-electron chi connectivity index (χ4n) is 3.48. The Hall–Kier alpha value is -2.76. The molecule has 0 spiro atoms. The number of ether oxygens (including phenoxy) is 1. The molecule has 2 aromatic rings. The van der Waals surface area contributed by atoms with E-state index in [1.54, 1.807) is 24.3 Å². The van der Waals surface area contributed by atoms with Crippen molar-refractivity contribution in [1.29, 1.82) is 0 Å². The van der Waals surface area contributed by atoms with Crippen molar-refractivity contribution in [3.05, 3.63) is 52.8 Å². The van der Waals surface area contributed by atoms with Crippen LogP contribution in [-0.4, -0.2) is 59.9 Å². The minimum atomic E-state index is -0.0338. The van der Waals surface area contributed by atoms with Gasteiger partial charge in [-0.25, -0.2) is 0 Å². The van der Waals surface area contributed by atoms with E-state index in [2.05, 4.69) is 4.98 Å². The summed E-state index contributed by atoms with van der Waals surface area (Å²) >= 11 is 0. The van der Waals surface area contributed by atoms with E-state index in [0.29, 0.717) is 43.2 Å². The van der Waals surface area contributed by atoms with Crippen LogP contribution in [-0.2, 0) is 0 Å². The molecule has 0 bridgehead atoms. The topological polar surface area (TPSA) is 65.6 Å². The maximum absolute atomic E-state index is 13.1. The number of hydrogen-bond donors (Lipinski definition) is 1. The highest BCUT2D eigenvalue weighted by Gasteiger charge is 2.26. The number of aryl methyl sites for hydroxylation is 2. The molecular weight excluding hydrogens is 330 g/mol. The lowest BCUT2D eigenvalue weighted by Crippen LogP contribution is -2.37. The SMILES string of the molecule is COc1cc(C)cc(C)c1C(=O)N1CCCN(C(=O)c2ccc[nH]2)CC1. The highest BCUT2D eigenvalue weighted by Crippen LogP contribution is 2.26. The third kappa shape index (κ3) is 3.59. The maximum Gasteiger partial charge on any atom is 0.270 e. The number of hydrogen-bond acceptors (Lipinski definition) is 3. The second-order valence-electron chi connectivity index (χ2n) is 6.68. The number of nitrogens with one attached hydrogen (secondary N) is 1. The van der Waals surface area contributed by atoms with Gasteiger partial charge in [0.2, 0.25) is 0 Å². The van der Waals surface area contributed by atoms with Crippen LogP contribution in [0.25, 0.3) is 0 Å². The van der Waals surface area contributed by atoms with Crippen molar-refractivity contribution < 1.29 is 14.3 Å². The number of methoxy groups -OCH3 is 1. The summed E-state index contributed by atoms with van der Waals surface area (Å²) in [5.74, 6) is 0.554. The van der Waals surface area contributed by atoms with E-state index in [0.717, 1.165) is 17.5 Å². The van der Waals surface area contributed by atoms with Crippen LogP contribution in [0.3, 0.4) is 0 Å². The Morgan fingerprint density at radius 1 is 1.04 bits per heavy atom. The Morgan fingerprint density at radius 3 is 2.35 bits per heavy atom. The van der Waals surface area contributed by atoms with Gasteiger partial charge in [-0.1, -0.05) is 6.07 Å². The molecule has 3 rings (SSSR count). The molecule has 1 aromatic carbocycles. The van der Waals surface area contributed by atoms with Crippen LogP contribution < -0.4 is 4.74 Å². The molecule has 1 fully saturated rings. The van der Waals surface area contributed by atoms with Crippen LogP contribution >= 0.6 is 0 Å². The van der Waals surface area contributed by atoms with Crippen molar-refractivity contribution in [2.75, 3.05) is 33.3 Å². The van der Waals surface area contributed by atoms with Crippen LogP contribution in [0, 0.1) is 13.8 Å². The molecule has 26 heavy (non-hydrogen) atoms. The van der Waals surface area contributed by atoms with Gasteiger partial charge in [-0.3, -0.25) is 9.59 Å². The molecule has 6 heteroatoms. The van der Waals surface area contributed by atoms with Gasteiger partial charge in [0.1, 0.15) is 11.4 Å². The first-order chi connectivity index (χ1) is 12.5. The van der Waals surface area contributed by atoms with Crippen molar-refractivity contribution in [3.8, 4) is 5.75 Å². The first-order valence-electron chi connectivity index (χ1n) is 8.88. The number of carbonyl (C=O) groups is 2. The number of nitrogens with zero attached hydrogens (tertiary/aromatic N) is 2. The molecule has 138 valence electrons. The number of H-pyrrole nitrogens is 1. The quantitative estimate of drug-likeness (QED) is 0.920. The molecule has 0 atom stereocenters. The third-order valence-electron chi connectivity index (χ3n) is 4.78. The molecule has 1 aromatic heterocycles. The molecule has 0 saturated carbocycles. The van der Waals surface area contributed by atoms with Crippen molar-refractivity contribution in [2.45, 2.75) is 20.3 Å². The Bertz CT molecular complexity index is 799. The van der Waals surface area contributed by atoms with Crippen molar-refractivity contribution in [3.63, 3.8) is 0 Å². The van der Waals surface area contributed by atoms with Gasteiger partial charge in [0, 0.05) is 32.4 Å². The Morgan fingerprint density at radius 2 is 1.73 bits per heavy atom. The lowest BCUT2D eigenvalue weighted by atomic mass is 10.0. The highest BCUT2D eigenvalue weighted by molar-refractivity contribution is 5.98. The normalized spacial score (nSPS) is 14.9. The van der Waals surface area contributed by atoms with Crippen LogP contribution in [0.1, 0.15) is 38.4 Å². The largest absolute Gasteiger partial charge is 0.496 e. The summed E-state index contributed by atoms with van der Waals surface area (Å²) < 4.78 is 5.44. The number of rotatable bonds is 3. The first kappa shape index (κ1) is 18.0. The number of amides is 2. The highest BCUT2D eigenvalue weighted by atomic mass is 16.5. The molecular formula is C20H25N3O3. The average molecular weight is 355 g/mol. The van der Waals surface area contributed by atoms with Crippen molar-refractivity contribution >= 4 is 11.8 Å². The summed E-state index contributed by atoms with van der Waals surface area (Å²) in [5, 5.41) is 0. The molecule has 1 aliphatic rings. The van der Waals surface area contributed by atoms with Crippen LogP contribution in [0.5, 0.6) is 5.75 Å². The maximum atomic E-state index is 13.1. The molecule has 2 heterocycles. The van der Waals surface area contributed by atoms with E-state index in [1.807, 2.05) is 36.9 Å². The number of carbonyl (C=O) groups excluding carboxylic acids is 2. The second kappa shape index (κ2) is 7.64.